The Labute approximate surface area is 123 Å². The van der Waals surface area contributed by atoms with Crippen molar-refractivity contribution >= 4 is 16.6 Å². The Hall–Kier alpha value is -2.70. The van der Waals surface area contributed by atoms with Crippen molar-refractivity contribution < 1.29 is 18.3 Å². The number of nitrogens with zero attached hydrogens (tertiary/aromatic N) is 1. The summed E-state index contributed by atoms with van der Waals surface area (Å²) in [4.78, 5) is 0. The number of halogens is 3. The first-order chi connectivity index (χ1) is 10.4. The number of hydrogen-bond donors (Lipinski definition) is 3. The lowest BCUT2D eigenvalue weighted by atomic mass is 10.1. The van der Waals surface area contributed by atoms with Crippen LogP contribution in [-0.4, -0.2) is 15.3 Å². The highest BCUT2D eigenvalue weighted by Crippen LogP contribution is 2.34. The lowest BCUT2D eigenvalue weighted by Gasteiger charge is -2.12. The first kappa shape index (κ1) is 14.2. The lowest BCUT2D eigenvalue weighted by molar-refractivity contribution is -0.137. The topological polar surface area (TPSA) is 60.9 Å². The Morgan fingerprint density at radius 1 is 1.14 bits per heavy atom. The number of phenols is 1. The molecular formula is C15H12F3N3O. The number of aromatic amines is 1. The molecule has 3 aromatic rings. The normalized spacial score (nSPS) is 11.8. The molecule has 0 saturated carbocycles. The van der Waals surface area contributed by atoms with Gasteiger partial charge in [0.25, 0.3) is 0 Å². The first-order valence-corrected chi connectivity index (χ1v) is 6.49. The third-order valence-corrected chi connectivity index (χ3v) is 3.31. The fourth-order valence-corrected chi connectivity index (χ4v) is 2.17. The molecule has 0 fully saturated rings. The number of phenolic OH excluding ortho intramolecular Hbond substituents is 1. The van der Waals surface area contributed by atoms with E-state index < -0.39 is 11.7 Å². The molecule has 0 spiro atoms. The summed E-state index contributed by atoms with van der Waals surface area (Å²) in [5, 5.41) is 19.1. The van der Waals surface area contributed by atoms with Gasteiger partial charge in [-0.3, -0.25) is 5.10 Å². The van der Waals surface area contributed by atoms with Crippen LogP contribution in [0, 0.1) is 0 Å². The summed E-state index contributed by atoms with van der Waals surface area (Å²) in [7, 11) is 0. The van der Waals surface area contributed by atoms with Gasteiger partial charge < -0.3 is 10.4 Å². The van der Waals surface area contributed by atoms with Gasteiger partial charge >= 0.3 is 6.18 Å². The number of anilines is 1. The van der Waals surface area contributed by atoms with Crippen LogP contribution in [0.3, 0.4) is 0 Å². The van der Waals surface area contributed by atoms with Gasteiger partial charge in [0.2, 0.25) is 0 Å². The Morgan fingerprint density at radius 3 is 2.55 bits per heavy atom. The van der Waals surface area contributed by atoms with Gasteiger partial charge in [-0.25, -0.2) is 0 Å². The van der Waals surface area contributed by atoms with Crippen LogP contribution < -0.4 is 5.32 Å². The monoisotopic (exact) mass is 307 g/mol. The van der Waals surface area contributed by atoms with E-state index in [1.807, 2.05) is 0 Å². The number of fused-ring (bicyclic) bond motifs is 1. The number of hydrogen-bond acceptors (Lipinski definition) is 3. The number of alkyl halides is 3. The molecule has 0 aliphatic heterocycles. The zero-order chi connectivity index (χ0) is 15.7. The molecule has 3 N–H and O–H groups in total. The summed E-state index contributed by atoms with van der Waals surface area (Å²) < 4.78 is 38.8. The van der Waals surface area contributed by atoms with E-state index in [1.165, 1.54) is 18.3 Å². The molecule has 4 nitrogen and oxygen atoms in total. The molecule has 22 heavy (non-hydrogen) atoms. The Morgan fingerprint density at radius 2 is 1.86 bits per heavy atom. The molecule has 0 amide bonds. The predicted octanol–water partition coefficient (Wildman–Crippen LogP) is 3.90. The van der Waals surface area contributed by atoms with Crippen molar-refractivity contribution in [3.63, 3.8) is 0 Å². The highest BCUT2D eigenvalue weighted by molar-refractivity contribution is 5.91. The number of nitrogens with one attached hydrogen (secondary N) is 2. The molecule has 0 saturated heterocycles. The Bertz CT molecular complexity index is 794. The molecule has 1 heterocycles. The molecule has 3 rings (SSSR count). The average Bonchev–Trinajstić information content (AvgIpc) is 2.94. The van der Waals surface area contributed by atoms with Gasteiger partial charge in [-0.05, 0) is 29.8 Å². The van der Waals surface area contributed by atoms with Crippen LogP contribution in [0.25, 0.3) is 10.9 Å². The van der Waals surface area contributed by atoms with Gasteiger partial charge in [0.1, 0.15) is 5.75 Å². The molecular weight excluding hydrogens is 295 g/mol. The fourth-order valence-electron chi connectivity index (χ4n) is 2.17. The smallest absolute Gasteiger partial charge is 0.416 e. The Kier molecular flexibility index (Phi) is 3.40. The maximum absolute atomic E-state index is 12.9. The minimum Gasteiger partial charge on any atom is -0.508 e. The van der Waals surface area contributed by atoms with Gasteiger partial charge in [0.15, 0.2) is 0 Å². The molecule has 2 aromatic carbocycles. The number of aromatic hydroxyl groups is 1. The van der Waals surface area contributed by atoms with Crippen LogP contribution in [0.5, 0.6) is 5.75 Å². The highest BCUT2D eigenvalue weighted by atomic mass is 19.4. The van der Waals surface area contributed by atoms with Crippen molar-refractivity contribution in [1.82, 2.24) is 10.2 Å². The van der Waals surface area contributed by atoms with Gasteiger partial charge in [-0.2, -0.15) is 18.3 Å². The van der Waals surface area contributed by atoms with E-state index in [0.717, 1.165) is 17.7 Å². The maximum atomic E-state index is 12.9. The minimum absolute atomic E-state index is 0.139. The lowest BCUT2D eigenvalue weighted by Crippen LogP contribution is -2.07. The van der Waals surface area contributed by atoms with Crippen LogP contribution in [0.1, 0.15) is 11.1 Å². The van der Waals surface area contributed by atoms with Crippen molar-refractivity contribution in [3.8, 4) is 5.75 Å². The summed E-state index contributed by atoms with van der Waals surface area (Å²) in [5.41, 5.74) is 0.777. The van der Waals surface area contributed by atoms with Crippen LogP contribution >= 0.6 is 0 Å². The first-order valence-electron chi connectivity index (χ1n) is 6.49. The van der Waals surface area contributed by atoms with Crippen molar-refractivity contribution in [1.29, 1.82) is 0 Å². The summed E-state index contributed by atoms with van der Waals surface area (Å²) in [6.07, 6.45) is -2.94. The van der Waals surface area contributed by atoms with Crippen molar-refractivity contribution in [2.75, 3.05) is 5.32 Å². The van der Waals surface area contributed by atoms with E-state index in [-0.39, 0.29) is 5.75 Å². The van der Waals surface area contributed by atoms with Crippen LogP contribution in [-0.2, 0) is 12.7 Å². The number of aromatic nitrogens is 2. The van der Waals surface area contributed by atoms with E-state index in [2.05, 4.69) is 15.5 Å². The van der Waals surface area contributed by atoms with Crippen molar-refractivity contribution in [2.45, 2.75) is 12.7 Å². The summed E-state index contributed by atoms with van der Waals surface area (Å²) in [6.45, 7) is 0.335. The van der Waals surface area contributed by atoms with E-state index in [0.29, 0.717) is 23.1 Å². The second kappa shape index (κ2) is 5.25. The molecule has 0 bridgehead atoms. The van der Waals surface area contributed by atoms with Gasteiger partial charge in [0.05, 0.1) is 17.3 Å². The zero-order valence-electron chi connectivity index (χ0n) is 11.3. The third kappa shape index (κ3) is 2.83. The highest BCUT2D eigenvalue weighted by Gasteiger charge is 2.31. The molecule has 114 valence electrons. The van der Waals surface area contributed by atoms with Gasteiger partial charge in [-0.15, -0.1) is 0 Å². The molecule has 1 aromatic heterocycles. The predicted molar refractivity (Wildman–Crippen MR) is 76.5 cm³/mol. The van der Waals surface area contributed by atoms with Gasteiger partial charge in [-0.1, -0.05) is 12.1 Å². The van der Waals surface area contributed by atoms with Gasteiger partial charge in [0, 0.05) is 17.6 Å². The van der Waals surface area contributed by atoms with E-state index in [4.69, 9.17) is 0 Å². The summed E-state index contributed by atoms with van der Waals surface area (Å²) in [5.74, 6) is 0.139. The van der Waals surface area contributed by atoms with E-state index in [9.17, 15) is 18.3 Å². The Balaban J connectivity index is 1.92. The molecule has 0 radical (unpaired) electrons. The quantitative estimate of drug-likeness (QED) is 0.688. The molecule has 0 unspecified atom stereocenters. The zero-order valence-corrected chi connectivity index (χ0v) is 11.3. The van der Waals surface area contributed by atoms with Crippen LogP contribution in [0.2, 0.25) is 0 Å². The van der Waals surface area contributed by atoms with Crippen molar-refractivity contribution in [3.05, 3.63) is 53.7 Å². The average molecular weight is 307 g/mol. The van der Waals surface area contributed by atoms with E-state index >= 15 is 0 Å². The maximum Gasteiger partial charge on any atom is 0.416 e. The van der Waals surface area contributed by atoms with Crippen LogP contribution in [0.15, 0.2) is 42.6 Å². The number of benzene rings is 2. The standard InChI is InChI=1S/C15H12F3N3O/c16-15(17,18)10-5-13(12-8-20-21-14(12)6-10)19-7-9-1-3-11(22)4-2-9/h1-6,8,19,22H,7H2,(H,20,21). The molecule has 0 aliphatic rings. The second-order valence-electron chi connectivity index (χ2n) is 4.87. The summed E-state index contributed by atoms with van der Waals surface area (Å²) >= 11 is 0. The van der Waals surface area contributed by atoms with E-state index in [1.54, 1.807) is 12.1 Å². The fraction of sp³-hybridized carbons (Fsp3) is 0.133. The molecule has 0 atom stereocenters. The largest absolute Gasteiger partial charge is 0.508 e. The minimum atomic E-state index is -4.42. The molecule has 7 heteroatoms. The third-order valence-electron chi connectivity index (χ3n) is 3.31. The SMILES string of the molecule is Oc1ccc(CNc2cc(C(F)(F)F)cc3[nH]ncc23)cc1. The second-order valence-corrected chi connectivity index (χ2v) is 4.87. The summed E-state index contributed by atoms with van der Waals surface area (Å²) in [6, 6.07) is 8.55. The molecule has 0 aliphatic carbocycles. The number of rotatable bonds is 3. The van der Waals surface area contributed by atoms with Crippen molar-refractivity contribution in [2.24, 2.45) is 0 Å². The van der Waals surface area contributed by atoms with Crippen LogP contribution in [0.4, 0.5) is 18.9 Å². The number of H-pyrrole nitrogens is 1.